The van der Waals surface area contributed by atoms with Gasteiger partial charge in [-0.15, -0.1) is 0 Å². The number of ether oxygens (including phenoxy) is 1. The van der Waals surface area contributed by atoms with E-state index in [9.17, 15) is 19.7 Å². The Morgan fingerprint density at radius 1 is 1.00 bits per heavy atom. The maximum Gasteiger partial charge on any atom is 0.340 e. The third-order valence-electron chi connectivity index (χ3n) is 5.23. The predicted octanol–water partition coefficient (Wildman–Crippen LogP) is 5.50. The van der Waals surface area contributed by atoms with Gasteiger partial charge in [0, 0.05) is 28.9 Å². The zero-order valence-corrected chi connectivity index (χ0v) is 18.4. The molecule has 0 bridgehead atoms. The van der Waals surface area contributed by atoms with Crippen molar-refractivity contribution in [2.24, 2.45) is 0 Å². The number of esters is 1. The molecule has 0 aliphatic heterocycles. The van der Waals surface area contributed by atoms with Gasteiger partial charge in [-0.05, 0) is 66.9 Å². The molecule has 4 aromatic rings. The maximum atomic E-state index is 13.2. The number of aromatic nitrogens is 1. The Labute approximate surface area is 194 Å². The highest BCUT2D eigenvalue weighted by Gasteiger charge is 2.22. The molecule has 0 fully saturated rings. The number of rotatable bonds is 7. The maximum absolute atomic E-state index is 13.2. The van der Waals surface area contributed by atoms with Crippen LogP contribution in [0.3, 0.4) is 0 Å². The fourth-order valence-electron chi connectivity index (χ4n) is 3.62. The highest BCUT2D eigenvalue weighted by atomic mass is 35.5. The van der Waals surface area contributed by atoms with E-state index in [2.05, 4.69) is 0 Å². The van der Waals surface area contributed by atoms with Gasteiger partial charge in [0.1, 0.15) is 0 Å². The van der Waals surface area contributed by atoms with Gasteiger partial charge >= 0.3 is 5.97 Å². The highest BCUT2D eigenvalue weighted by Crippen LogP contribution is 2.24. The molecule has 0 aliphatic rings. The van der Waals surface area contributed by atoms with E-state index in [1.54, 1.807) is 60.0 Å². The number of benzene rings is 2. The summed E-state index contributed by atoms with van der Waals surface area (Å²) in [5.41, 5.74) is 3.40. The minimum Gasteiger partial charge on any atom is -0.462 e. The Hall–Kier alpha value is -3.97. The van der Waals surface area contributed by atoms with Crippen LogP contribution in [0.2, 0.25) is 5.02 Å². The average Bonchev–Trinajstić information content (AvgIpc) is 3.18. The molecular formula is C25H19ClN2O5. The summed E-state index contributed by atoms with van der Waals surface area (Å²) >= 11 is 5.93. The number of fused-ring (bicyclic) bond motifs is 1. The predicted molar refractivity (Wildman–Crippen MR) is 124 cm³/mol. The Bertz CT molecular complexity index is 1360. The topological polar surface area (TPSA) is 90.9 Å². The van der Waals surface area contributed by atoms with Crippen molar-refractivity contribution in [3.05, 3.63) is 116 Å². The fourth-order valence-corrected chi connectivity index (χ4v) is 3.75. The van der Waals surface area contributed by atoms with E-state index in [1.165, 1.54) is 12.1 Å². The van der Waals surface area contributed by atoms with E-state index in [1.807, 2.05) is 12.1 Å². The van der Waals surface area contributed by atoms with Crippen LogP contribution in [0.15, 0.2) is 72.9 Å². The van der Waals surface area contributed by atoms with Gasteiger partial charge < -0.3 is 9.14 Å². The number of ketones is 1. The molecule has 0 amide bonds. The molecule has 0 aliphatic carbocycles. The summed E-state index contributed by atoms with van der Waals surface area (Å²) < 4.78 is 6.87. The Morgan fingerprint density at radius 3 is 2.33 bits per heavy atom. The molecule has 2 aromatic heterocycles. The number of nitro benzene ring substituents is 1. The van der Waals surface area contributed by atoms with Crippen molar-refractivity contribution in [1.82, 2.24) is 4.40 Å². The van der Waals surface area contributed by atoms with Crippen LogP contribution in [0.25, 0.3) is 5.52 Å². The summed E-state index contributed by atoms with van der Waals surface area (Å²) in [6.45, 7) is 1.93. The number of nitrogens with zero attached hydrogens (tertiary/aromatic N) is 2. The van der Waals surface area contributed by atoms with Crippen LogP contribution < -0.4 is 0 Å². The minimum atomic E-state index is -0.516. The molecule has 4 rings (SSSR count). The molecular weight excluding hydrogens is 444 g/mol. The number of non-ortho nitro benzene ring substituents is 1. The summed E-state index contributed by atoms with van der Waals surface area (Å²) in [6, 6.07) is 18.1. The van der Waals surface area contributed by atoms with Crippen molar-refractivity contribution < 1.29 is 19.2 Å². The van der Waals surface area contributed by atoms with E-state index < -0.39 is 10.9 Å². The zero-order chi connectivity index (χ0) is 23.5. The van der Waals surface area contributed by atoms with E-state index >= 15 is 0 Å². The second-order valence-corrected chi connectivity index (χ2v) is 7.83. The van der Waals surface area contributed by atoms with E-state index in [-0.39, 0.29) is 18.1 Å². The van der Waals surface area contributed by atoms with Crippen molar-refractivity contribution in [2.75, 3.05) is 6.61 Å². The van der Waals surface area contributed by atoms with Gasteiger partial charge in [-0.2, -0.15) is 0 Å². The lowest BCUT2D eigenvalue weighted by Gasteiger charge is -2.07. The first-order valence-corrected chi connectivity index (χ1v) is 10.6. The van der Waals surface area contributed by atoms with Crippen LogP contribution >= 0.6 is 11.6 Å². The molecule has 166 valence electrons. The van der Waals surface area contributed by atoms with Crippen molar-refractivity contribution in [2.45, 2.75) is 13.3 Å². The van der Waals surface area contributed by atoms with Gasteiger partial charge in [-0.25, -0.2) is 4.79 Å². The molecule has 2 aromatic carbocycles. The molecule has 7 nitrogen and oxygen atoms in total. The van der Waals surface area contributed by atoms with Gasteiger partial charge in [-0.3, -0.25) is 14.9 Å². The minimum absolute atomic E-state index is 0.0238. The van der Waals surface area contributed by atoms with Crippen LogP contribution in [0.5, 0.6) is 0 Å². The first-order valence-electron chi connectivity index (χ1n) is 10.2. The number of hydrogen-bond acceptors (Lipinski definition) is 5. The molecule has 0 N–H and O–H groups in total. The molecule has 0 atom stereocenters. The Kier molecular flexibility index (Phi) is 6.24. The van der Waals surface area contributed by atoms with Gasteiger partial charge in [0.15, 0.2) is 0 Å². The van der Waals surface area contributed by atoms with Crippen molar-refractivity contribution in [1.29, 1.82) is 0 Å². The number of carbonyl (C=O) groups is 2. The lowest BCUT2D eigenvalue weighted by molar-refractivity contribution is -0.384. The van der Waals surface area contributed by atoms with E-state index in [4.69, 9.17) is 16.3 Å². The molecule has 0 saturated heterocycles. The van der Waals surface area contributed by atoms with Crippen molar-refractivity contribution in [3.8, 4) is 0 Å². The molecule has 33 heavy (non-hydrogen) atoms. The standard InChI is InChI=1S/C25H19ClN2O5/c1-2-33-25(30)21-15-23(24(29)18-5-7-19(26)8-6-18)27-12-11-17(14-22(21)27)13-16-3-9-20(10-4-16)28(31)32/h3-12,14-15H,2,13H2,1H3. The lowest BCUT2D eigenvalue weighted by Crippen LogP contribution is -2.05. The van der Waals surface area contributed by atoms with Crippen LogP contribution in [-0.2, 0) is 11.2 Å². The summed E-state index contributed by atoms with van der Waals surface area (Å²) in [4.78, 5) is 36.2. The summed E-state index contributed by atoms with van der Waals surface area (Å²) in [5, 5.41) is 11.4. The lowest BCUT2D eigenvalue weighted by atomic mass is 10.0. The first kappa shape index (κ1) is 22.2. The van der Waals surface area contributed by atoms with Gasteiger partial charge in [0.25, 0.3) is 5.69 Å². The third kappa shape index (κ3) is 4.63. The smallest absolute Gasteiger partial charge is 0.340 e. The largest absolute Gasteiger partial charge is 0.462 e. The monoisotopic (exact) mass is 462 g/mol. The Balaban J connectivity index is 1.75. The highest BCUT2D eigenvalue weighted by molar-refractivity contribution is 6.30. The number of nitro groups is 1. The van der Waals surface area contributed by atoms with Crippen LogP contribution in [0, 0.1) is 10.1 Å². The number of halogens is 1. The van der Waals surface area contributed by atoms with E-state index in [0.717, 1.165) is 11.1 Å². The van der Waals surface area contributed by atoms with E-state index in [0.29, 0.717) is 33.8 Å². The first-order chi connectivity index (χ1) is 15.9. The quantitative estimate of drug-likeness (QED) is 0.156. The van der Waals surface area contributed by atoms with Crippen molar-refractivity contribution in [3.63, 3.8) is 0 Å². The molecule has 0 unspecified atom stereocenters. The van der Waals surface area contributed by atoms with Gasteiger partial charge in [0.2, 0.25) is 5.78 Å². The normalized spacial score (nSPS) is 10.8. The molecule has 0 spiro atoms. The number of hydrogen-bond donors (Lipinski definition) is 0. The summed E-state index contributed by atoms with van der Waals surface area (Å²) in [7, 11) is 0. The molecule has 8 heteroatoms. The SMILES string of the molecule is CCOC(=O)c1cc(C(=O)c2ccc(Cl)cc2)n2ccc(Cc3ccc([N+](=O)[O-])cc3)cc12. The van der Waals surface area contributed by atoms with Crippen LogP contribution in [0.1, 0.15) is 44.5 Å². The molecule has 0 saturated carbocycles. The van der Waals surface area contributed by atoms with Crippen molar-refractivity contribution >= 4 is 34.6 Å². The molecule has 2 heterocycles. The van der Waals surface area contributed by atoms with Gasteiger partial charge in [-0.1, -0.05) is 23.7 Å². The average molecular weight is 463 g/mol. The zero-order valence-electron chi connectivity index (χ0n) is 17.7. The Morgan fingerprint density at radius 2 is 1.70 bits per heavy atom. The number of pyridine rings is 1. The number of carbonyl (C=O) groups excluding carboxylic acids is 2. The molecule has 0 radical (unpaired) electrons. The summed E-state index contributed by atoms with van der Waals surface area (Å²) in [5.74, 6) is -0.766. The fraction of sp³-hybridized carbons (Fsp3) is 0.120. The second kappa shape index (κ2) is 9.26. The van der Waals surface area contributed by atoms with Crippen LogP contribution in [-0.4, -0.2) is 27.7 Å². The van der Waals surface area contributed by atoms with Gasteiger partial charge in [0.05, 0.1) is 28.3 Å². The van der Waals surface area contributed by atoms with Crippen LogP contribution in [0.4, 0.5) is 5.69 Å². The second-order valence-electron chi connectivity index (χ2n) is 7.39. The summed E-state index contributed by atoms with van der Waals surface area (Å²) in [6.07, 6.45) is 2.24. The third-order valence-corrected chi connectivity index (χ3v) is 5.48.